The van der Waals surface area contributed by atoms with Crippen molar-refractivity contribution >= 4 is 16.5 Å². The molecule has 0 saturated heterocycles. The number of pyridine rings is 1. The first kappa shape index (κ1) is 19.6. The topological polar surface area (TPSA) is 94.4 Å². The normalized spacial score (nSPS) is 11.8. The predicted octanol–water partition coefficient (Wildman–Crippen LogP) is 4.28. The Bertz CT molecular complexity index is 1430. The van der Waals surface area contributed by atoms with Crippen molar-refractivity contribution in [2.24, 2.45) is 5.16 Å². The molecule has 1 N–H and O–H groups in total. The van der Waals surface area contributed by atoms with Gasteiger partial charge >= 0.3 is 0 Å². The van der Waals surface area contributed by atoms with Crippen LogP contribution in [0.15, 0.2) is 89.1 Å². The maximum Gasteiger partial charge on any atom is 0.155 e. The molecule has 0 spiro atoms. The summed E-state index contributed by atoms with van der Waals surface area (Å²) >= 11 is 0. The number of fused-ring (bicyclic) bond motifs is 2. The van der Waals surface area contributed by atoms with Gasteiger partial charge < -0.3 is 23.5 Å². The van der Waals surface area contributed by atoms with Crippen LogP contribution in [0, 0.1) is 0 Å². The average molecular weight is 428 g/mol. The third kappa shape index (κ3) is 4.11. The van der Waals surface area contributed by atoms with Crippen LogP contribution < -0.4 is 14.8 Å². The Morgan fingerprint density at radius 2 is 1.91 bits per heavy atom. The summed E-state index contributed by atoms with van der Waals surface area (Å²) in [7, 11) is 0. The number of hydrogen-bond acceptors (Lipinski definition) is 7. The summed E-state index contributed by atoms with van der Waals surface area (Å²) in [5, 5.41) is 14.1. The van der Waals surface area contributed by atoms with E-state index in [9.17, 15) is 5.21 Å². The molecule has 0 fully saturated rings. The molecular weight excluding hydrogens is 408 g/mol. The van der Waals surface area contributed by atoms with Crippen LogP contribution in [0.5, 0.6) is 11.5 Å². The molecule has 0 aliphatic carbocycles. The molecule has 8 heteroatoms. The molecule has 8 nitrogen and oxygen atoms in total. The van der Waals surface area contributed by atoms with Gasteiger partial charge in [0.15, 0.2) is 5.76 Å². The Morgan fingerprint density at radius 1 is 1.00 bits per heavy atom. The number of nitrogens with zero attached hydrogens (tertiary/aromatic N) is 4. The first-order chi connectivity index (χ1) is 15.8. The molecule has 4 heterocycles. The quantitative estimate of drug-likeness (QED) is 0.236. The van der Waals surface area contributed by atoms with Gasteiger partial charge in [0.2, 0.25) is 0 Å². The molecule has 0 atom stereocenters. The van der Waals surface area contributed by atoms with Gasteiger partial charge in [0, 0.05) is 30.4 Å². The maximum atomic E-state index is 9.59. The standard InChI is InChI=1S/C24H20N4O4/c29-27-21-14-24(22-12-17-4-2-9-28(17)16-26-22)32-23-7-6-18(13-20(21)23)30-10-3-11-31-19-5-1-8-25-15-19/h1-2,4-9,12-16,29H,3,10-11H2. The Kier molecular flexibility index (Phi) is 5.40. The van der Waals surface area contributed by atoms with Crippen molar-refractivity contribution in [3.05, 3.63) is 84.9 Å². The Hall–Kier alpha value is -4.33. The molecule has 0 amide bonds. The largest absolute Gasteiger partial charge is 0.493 e. The van der Waals surface area contributed by atoms with E-state index in [0.29, 0.717) is 53.2 Å². The van der Waals surface area contributed by atoms with Gasteiger partial charge in [-0.2, -0.15) is 0 Å². The molecule has 0 unspecified atom stereocenters. The summed E-state index contributed by atoms with van der Waals surface area (Å²) in [5.41, 5.74) is 2.21. The van der Waals surface area contributed by atoms with Gasteiger partial charge in [-0.3, -0.25) is 4.98 Å². The van der Waals surface area contributed by atoms with Gasteiger partial charge in [-0.25, -0.2) is 4.98 Å². The lowest BCUT2D eigenvalue weighted by atomic mass is 10.2. The van der Waals surface area contributed by atoms with Crippen LogP contribution in [0.3, 0.4) is 0 Å². The summed E-state index contributed by atoms with van der Waals surface area (Å²) in [5.74, 6) is 1.89. The van der Waals surface area contributed by atoms with Crippen molar-refractivity contribution in [3.63, 3.8) is 0 Å². The highest BCUT2D eigenvalue weighted by molar-refractivity contribution is 5.80. The summed E-state index contributed by atoms with van der Waals surface area (Å²) in [4.78, 5) is 8.45. The van der Waals surface area contributed by atoms with Crippen molar-refractivity contribution in [2.45, 2.75) is 6.42 Å². The van der Waals surface area contributed by atoms with Crippen LogP contribution in [-0.2, 0) is 0 Å². The Labute approximate surface area is 183 Å². The van der Waals surface area contributed by atoms with Crippen molar-refractivity contribution < 1.29 is 19.1 Å². The fourth-order valence-electron chi connectivity index (χ4n) is 3.39. The van der Waals surface area contributed by atoms with E-state index < -0.39 is 0 Å². The van der Waals surface area contributed by atoms with Crippen LogP contribution in [0.25, 0.3) is 27.9 Å². The Morgan fingerprint density at radius 3 is 2.75 bits per heavy atom. The van der Waals surface area contributed by atoms with Crippen molar-refractivity contribution in [1.82, 2.24) is 14.4 Å². The van der Waals surface area contributed by atoms with E-state index >= 15 is 0 Å². The minimum atomic E-state index is 0.378. The zero-order valence-corrected chi connectivity index (χ0v) is 17.1. The number of ether oxygens (including phenoxy) is 2. The predicted molar refractivity (Wildman–Crippen MR) is 118 cm³/mol. The van der Waals surface area contributed by atoms with Crippen LogP contribution in [0.2, 0.25) is 0 Å². The second-order valence-corrected chi connectivity index (χ2v) is 7.11. The molecule has 0 aliphatic heterocycles. The molecule has 0 radical (unpaired) electrons. The lowest BCUT2D eigenvalue weighted by molar-refractivity contribution is 0.247. The van der Waals surface area contributed by atoms with Gasteiger partial charge in [-0.1, -0.05) is 5.16 Å². The van der Waals surface area contributed by atoms with E-state index in [2.05, 4.69) is 15.1 Å². The molecule has 32 heavy (non-hydrogen) atoms. The fraction of sp³-hybridized carbons (Fsp3) is 0.125. The second kappa shape index (κ2) is 8.81. The third-order valence-electron chi connectivity index (χ3n) is 4.95. The van der Waals surface area contributed by atoms with Gasteiger partial charge in [-0.15, -0.1) is 0 Å². The average Bonchev–Trinajstić information content (AvgIpc) is 3.32. The highest BCUT2D eigenvalue weighted by Crippen LogP contribution is 2.24. The van der Waals surface area contributed by atoms with E-state index in [1.54, 1.807) is 36.9 Å². The van der Waals surface area contributed by atoms with Crippen molar-refractivity contribution in [2.75, 3.05) is 13.2 Å². The van der Waals surface area contributed by atoms with E-state index in [1.807, 2.05) is 47.0 Å². The van der Waals surface area contributed by atoms with Crippen molar-refractivity contribution in [1.29, 1.82) is 0 Å². The molecule has 5 aromatic rings. The number of aromatic nitrogens is 3. The summed E-state index contributed by atoms with van der Waals surface area (Å²) in [6, 6.07) is 16.6. The highest BCUT2D eigenvalue weighted by Gasteiger charge is 2.10. The molecule has 0 saturated carbocycles. The molecule has 0 aliphatic rings. The number of rotatable bonds is 7. The van der Waals surface area contributed by atoms with Crippen LogP contribution in [0.4, 0.5) is 0 Å². The first-order valence-electron chi connectivity index (χ1n) is 10.1. The van der Waals surface area contributed by atoms with E-state index in [-0.39, 0.29) is 0 Å². The molecule has 160 valence electrons. The third-order valence-corrected chi connectivity index (χ3v) is 4.95. The van der Waals surface area contributed by atoms with E-state index in [1.165, 1.54) is 0 Å². The fourth-order valence-corrected chi connectivity index (χ4v) is 3.39. The smallest absolute Gasteiger partial charge is 0.155 e. The van der Waals surface area contributed by atoms with Crippen LogP contribution in [0.1, 0.15) is 6.42 Å². The summed E-state index contributed by atoms with van der Waals surface area (Å²) < 4.78 is 19.4. The Balaban J connectivity index is 1.32. The van der Waals surface area contributed by atoms with Crippen LogP contribution in [-0.4, -0.2) is 32.8 Å². The highest BCUT2D eigenvalue weighted by atomic mass is 16.5. The number of benzene rings is 1. The van der Waals surface area contributed by atoms with Gasteiger partial charge in [0.1, 0.15) is 28.1 Å². The second-order valence-electron chi connectivity index (χ2n) is 7.11. The van der Waals surface area contributed by atoms with E-state index in [4.69, 9.17) is 13.9 Å². The zero-order chi connectivity index (χ0) is 21.8. The molecular formula is C24H20N4O4. The monoisotopic (exact) mass is 428 g/mol. The summed E-state index contributed by atoms with van der Waals surface area (Å²) in [6.45, 7) is 1.00. The van der Waals surface area contributed by atoms with Gasteiger partial charge in [0.25, 0.3) is 0 Å². The number of hydrogen-bond donors (Lipinski definition) is 1. The van der Waals surface area contributed by atoms with E-state index in [0.717, 1.165) is 11.3 Å². The minimum Gasteiger partial charge on any atom is -0.493 e. The molecule has 1 aromatic carbocycles. The lowest BCUT2D eigenvalue weighted by Crippen LogP contribution is -2.07. The molecule has 0 bridgehead atoms. The van der Waals surface area contributed by atoms with Crippen molar-refractivity contribution in [3.8, 4) is 23.0 Å². The minimum absolute atomic E-state index is 0.378. The van der Waals surface area contributed by atoms with Gasteiger partial charge in [0.05, 0.1) is 31.1 Å². The summed E-state index contributed by atoms with van der Waals surface area (Å²) in [6.07, 6.45) is 7.73. The molecule has 4 aromatic heterocycles. The first-order valence-corrected chi connectivity index (χ1v) is 10.1. The SMILES string of the molecule is ON=c1cc(-c2cc3cccn3cn2)oc2ccc(OCCCOc3cccnc3)cc12. The zero-order valence-electron chi connectivity index (χ0n) is 17.1. The molecule has 5 rings (SSSR count). The lowest BCUT2D eigenvalue weighted by Gasteiger charge is -2.09. The van der Waals surface area contributed by atoms with Gasteiger partial charge in [-0.05, 0) is 48.5 Å². The van der Waals surface area contributed by atoms with Crippen LogP contribution >= 0.6 is 0 Å². The maximum absolute atomic E-state index is 9.59.